The molecule has 1 aliphatic heterocycles. The summed E-state index contributed by atoms with van der Waals surface area (Å²) in [7, 11) is 0. The van der Waals surface area contributed by atoms with Gasteiger partial charge in [0.05, 0.1) is 6.61 Å². The van der Waals surface area contributed by atoms with E-state index in [0.717, 1.165) is 31.2 Å². The van der Waals surface area contributed by atoms with E-state index in [4.69, 9.17) is 4.74 Å². The Morgan fingerprint density at radius 3 is 3.05 bits per heavy atom. The van der Waals surface area contributed by atoms with Crippen LogP contribution in [-0.4, -0.2) is 13.2 Å². The summed E-state index contributed by atoms with van der Waals surface area (Å²) >= 11 is 0. The number of hydrogen-bond acceptors (Lipinski definition) is 2. The zero-order valence-corrected chi connectivity index (χ0v) is 12.9. The number of hydrogen-bond donors (Lipinski definition) is 1. The van der Waals surface area contributed by atoms with Crippen LogP contribution in [0.4, 0.5) is 5.69 Å². The van der Waals surface area contributed by atoms with Crippen LogP contribution in [-0.2, 0) is 6.42 Å². The van der Waals surface area contributed by atoms with E-state index in [2.05, 4.69) is 37.4 Å². The number of fused-ring (bicyclic) bond motifs is 1. The van der Waals surface area contributed by atoms with E-state index >= 15 is 0 Å². The highest BCUT2D eigenvalue weighted by Crippen LogP contribution is 2.39. The number of nitrogens with one attached hydrogen (secondary N) is 1. The number of anilines is 1. The minimum atomic E-state index is 0.504. The lowest BCUT2D eigenvalue weighted by atomic mass is 9.72. The Kier molecular flexibility index (Phi) is 3.91. The minimum absolute atomic E-state index is 0.504. The van der Waals surface area contributed by atoms with Gasteiger partial charge in [-0.1, -0.05) is 26.3 Å². The molecule has 1 unspecified atom stereocenters. The molecule has 1 aromatic carbocycles. The molecule has 3 rings (SSSR count). The van der Waals surface area contributed by atoms with Crippen molar-refractivity contribution in [3.8, 4) is 5.75 Å². The molecule has 0 aromatic heterocycles. The molecular weight excluding hydrogens is 246 g/mol. The summed E-state index contributed by atoms with van der Waals surface area (Å²) in [4.78, 5) is 0. The molecule has 0 amide bonds. The second-order valence-corrected chi connectivity index (χ2v) is 7.25. The van der Waals surface area contributed by atoms with Gasteiger partial charge in [-0.25, -0.2) is 0 Å². The van der Waals surface area contributed by atoms with Crippen molar-refractivity contribution in [3.63, 3.8) is 0 Å². The van der Waals surface area contributed by atoms with Gasteiger partial charge >= 0.3 is 0 Å². The molecule has 1 aromatic rings. The first kappa shape index (κ1) is 13.8. The molecule has 20 heavy (non-hydrogen) atoms. The van der Waals surface area contributed by atoms with Crippen LogP contribution in [0.3, 0.4) is 0 Å². The van der Waals surface area contributed by atoms with Crippen LogP contribution in [0.15, 0.2) is 18.2 Å². The van der Waals surface area contributed by atoms with Crippen molar-refractivity contribution in [1.82, 2.24) is 0 Å². The summed E-state index contributed by atoms with van der Waals surface area (Å²) in [5.41, 5.74) is 3.16. The molecule has 1 N–H and O–H groups in total. The highest BCUT2D eigenvalue weighted by atomic mass is 16.5. The highest BCUT2D eigenvalue weighted by molar-refractivity contribution is 5.59. The third kappa shape index (κ3) is 3.11. The molecule has 0 radical (unpaired) electrons. The molecule has 0 bridgehead atoms. The maximum Gasteiger partial charge on any atom is 0.124 e. The van der Waals surface area contributed by atoms with Crippen LogP contribution in [0.2, 0.25) is 0 Å². The fraction of sp³-hybridized carbons (Fsp3) is 0.667. The van der Waals surface area contributed by atoms with Crippen molar-refractivity contribution in [2.75, 3.05) is 18.5 Å². The second kappa shape index (κ2) is 5.67. The van der Waals surface area contributed by atoms with E-state index in [9.17, 15) is 0 Å². The summed E-state index contributed by atoms with van der Waals surface area (Å²) in [6, 6.07) is 6.42. The Morgan fingerprint density at radius 2 is 2.20 bits per heavy atom. The van der Waals surface area contributed by atoms with Gasteiger partial charge in [-0.15, -0.1) is 0 Å². The van der Waals surface area contributed by atoms with Gasteiger partial charge in [0.25, 0.3) is 0 Å². The van der Waals surface area contributed by atoms with E-state index in [0.29, 0.717) is 5.41 Å². The van der Waals surface area contributed by atoms with Crippen LogP contribution >= 0.6 is 0 Å². The third-order valence-electron chi connectivity index (χ3n) is 4.83. The number of benzene rings is 1. The molecule has 0 saturated heterocycles. The lowest BCUT2D eigenvalue weighted by molar-refractivity contribution is 0.129. The summed E-state index contributed by atoms with van der Waals surface area (Å²) in [6.45, 7) is 6.77. The Morgan fingerprint density at radius 1 is 1.30 bits per heavy atom. The molecule has 1 heterocycles. The van der Waals surface area contributed by atoms with Gasteiger partial charge < -0.3 is 10.1 Å². The van der Waals surface area contributed by atoms with E-state index in [-0.39, 0.29) is 0 Å². The number of ether oxygens (including phenoxy) is 1. The normalized spacial score (nSPS) is 24.6. The average Bonchev–Trinajstić information content (AvgIpc) is 2.44. The average molecular weight is 273 g/mol. The van der Waals surface area contributed by atoms with Gasteiger partial charge in [0, 0.05) is 17.8 Å². The van der Waals surface area contributed by atoms with Crippen LogP contribution in [0, 0.1) is 11.3 Å². The fourth-order valence-corrected chi connectivity index (χ4v) is 3.82. The van der Waals surface area contributed by atoms with Gasteiger partial charge in [-0.2, -0.15) is 0 Å². The monoisotopic (exact) mass is 273 g/mol. The second-order valence-electron chi connectivity index (χ2n) is 7.25. The Balaban J connectivity index is 1.64. The van der Waals surface area contributed by atoms with E-state index < -0.39 is 0 Å². The largest absolute Gasteiger partial charge is 0.493 e. The van der Waals surface area contributed by atoms with Crippen molar-refractivity contribution < 1.29 is 4.74 Å². The van der Waals surface area contributed by atoms with Gasteiger partial charge in [0.2, 0.25) is 0 Å². The van der Waals surface area contributed by atoms with Gasteiger partial charge in [0.1, 0.15) is 5.75 Å². The van der Waals surface area contributed by atoms with E-state index in [1.165, 1.54) is 43.4 Å². The number of rotatable bonds is 3. The Bertz CT molecular complexity index is 466. The van der Waals surface area contributed by atoms with E-state index in [1.807, 2.05) is 0 Å². The highest BCUT2D eigenvalue weighted by Gasteiger charge is 2.28. The summed E-state index contributed by atoms with van der Waals surface area (Å²) in [6.07, 6.45) is 7.72. The maximum atomic E-state index is 6.20. The van der Waals surface area contributed by atoms with Crippen LogP contribution in [0.1, 0.15) is 51.5 Å². The van der Waals surface area contributed by atoms with Crippen molar-refractivity contribution in [2.24, 2.45) is 11.3 Å². The van der Waals surface area contributed by atoms with Gasteiger partial charge in [-0.3, -0.25) is 0 Å². The van der Waals surface area contributed by atoms with Crippen molar-refractivity contribution in [2.45, 2.75) is 52.4 Å². The lowest BCUT2D eigenvalue weighted by Crippen LogP contribution is -2.26. The minimum Gasteiger partial charge on any atom is -0.493 e. The summed E-state index contributed by atoms with van der Waals surface area (Å²) < 4.78 is 6.20. The SMILES string of the molecule is CC1(C)CCCC(COc2cccc3c2CCCN3)C1. The predicted octanol–water partition coefficient (Wildman–Crippen LogP) is 4.64. The topological polar surface area (TPSA) is 21.3 Å². The molecule has 2 heteroatoms. The van der Waals surface area contributed by atoms with Crippen molar-refractivity contribution >= 4 is 5.69 Å². The smallest absolute Gasteiger partial charge is 0.124 e. The van der Waals surface area contributed by atoms with Crippen molar-refractivity contribution in [3.05, 3.63) is 23.8 Å². The fourth-order valence-electron chi connectivity index (χ4n) is 3.82. The Hall–Kier alpha value is -1.18. The van der Waals surface area contributed by atoms with E-state index in [1.54, 1.807) is 0 Å². The molecule has 1 saturated carbocycles. The van der Waals surface area contributed by atoms with Crippen LogP contribution in [0.25, 0.3) is 0 Å². The Labute approximate surface area is 122 Å². The molecule has 2 aliphatic rings. The maximum absolute atomic E-state index is 6.20. The first-order valence-corrected chi connectivity index (χ1v) is 8.13. The van der Waals surface area contributed by atoms with Crippen LogP contribution < -0.4 is 10.1 Å². The molecule has 0 spiro atoms. The van der Waals surface area contributed by atoms with Gasteiger partial charge in [0.15, 0.2) is 0 Å². The molecule has 110 valence electrons. The third-order valence-corrected chi connectivity index (χ3v) is 4.83. The molecule has 1 aliphatic carbocycles. The van der Waals surface area contributed by atoms with Crippen LogP contribution in [0.5, 0.6) is 5.75 Å². The zero-order chi connectivity index (χ0) is 14.0. The standard InChI is InChI=1S/C18H27NO/c1-18(2)10-4-6-14(12-18)13-20-17-9-3-8-16-15(17)7-5-11-19-16/h3,8-9,14,19H,4-7,10-13H2,1-2H3. The first-order valence-electron chi connectivity index (χ1n) is 8.13. The quantitative estimate of drug-likeness (QED) is 0.866. The van der Waals surface area contributed by atoms with Gasteiger partial charge in [-0.05, 0) is 55.6 Å². The summed E-state index contributed by atoms with van der Waals surface area (Å²) in [5.74, 6) is 1.84. The zero-order valence-electron chi connectivity index (χ0n) is 12.9. The molecule has 2 nitrogen and oxygen atoms in total. The predicted molar refractivity (Wildman–Crippen MR) is 84.5 cm³/mol. The molecular formula is C18H27NO. The first-order chi connectivity index (χ1) is 9.64. The van der Waals surface area contributed by atoms with Crippen molar-refractivity contribution in [1.29, 1.82) is 0 Å². The lowest BCUT2D eigenvalue weighted by Gasteiger charge is -2.35. The molecule has 1 fully saturated rings. The molecule has 1 atom stereocenters. The summed E-state index contributed by atoms with van der Waals surface area (Å²) in [5, 5.41) is 3.47.